The summed E-state index contributed by atoms with van der Waals surface area (Å²) in [6.45, 7) is 26.0. The summed E-state index contributed by atoms with van der Waals surface area (Å²) in [5.41, 5.74) is 8.20. The molecule has 0 unspecified atom stereocenters. The molecule has 174 valence electrons. The lowest BCUT2D eigenvalue weighted by molar-refractivity contribution is 0.426. The number of nitrogens with two attached hydrogens (primary N) is 1. The van der Waals surface area contributed by atoms with Crippen LogP contribution in [0.1, 0.15) is 5.56 Å². The van der Waals surface area contributed by atoms with Crippen LogP contribution in [0, 0.1) is 0 Å². The molecule has 30 heavy (non-hydrogen) atoms. The highest BCUT2D eigenvalue weighted by Gasteiger charge is 2.54. The summed E-state index contributed by atoms with van der Waals surface area (Å²) in [4.78, 5) is 4.37. The molecule has 0 fully saturated rings. The van der Waals surface area contributed by atoms with Gasteiger partial charge in [-0.05, 0) is 84.6 Å². The number of rotatable bonds is 11. The first-order valence-electron chi connectivity index (χ1n) is 10.3. The van der Waals surface area contributed by atoms with Crippen LogP contribution in [0.15, 0.2) is 24.5 Å². The van der Waals surface area contributed by atoms with Gasteiger partial charge in [0, 0.05) is 18.0 Å². The molecular formula is C18H42N2O4P2Si4. The van der Waals surface area contributed by atoms with Crippen molar-refractivity contribution in [3.05, 3.63) is 30.1 Å². The number of nitrogens with zero attached hydrogens (tertiary/aromatic N) is 1. The molecule has 0 spiro atoms. The third-order valence-corrected chi connectivity index (χ3v) is 17.1. The fraction of sp³-hybridized carbons (Fsp3) is 0.722. The van der Waals surface area contributed by atoms with Gasteiger partial charge in [0.25, 0.3) is 0 Å². The van der Waals surface area contributed by atoms with Crippen molar-refractivity contribution >= 4 is 50.0 Å². The SMILES string of the molecule is C[Si](C)(C)OP(O[Si](C)(C)C)C(N)(c1cccnc1)P(O[Si](C)(C)C)O[Si](C)(C)C. The van der Waals surface area contributed by atoms with E-state index < -0.39 is 55.0 Å². The van der Waals surface area contributed by atoms with E-state index in [9.17, 15) is 0 Å². The Morgan fingerprint density at radius 2 is 1.03 bits per heavy atom. The molecule has 1 rings (SSSR count). The highest BCUT2D eigenvalue weighted by molar-refractivity contribution is 7.69. The Hall–Kier alpha value is 0.678. The van der Waals surface area contributed by atoms with Gasteiger partial charge < -0.3 is 22.6 Å². The van der Waals surface area contributed by atoms with Gasteiger partial charge in [0.1, 0.15) is 0 Å². The molecule has 0 aliphatic heterocycles. The van der Waals surface area contributed by atoms with E-state index in [4.69, 9.17) is 22.6 Å². The molecule has 6 nitrogen and oxygen atoms in total. The van der Waals surface area contributed by atoms with Crippen molar-refractivity contribution in [3.63, 3.8) is 0 Å². The standard InChI is InChI=1S/C18H42N2O4P2Si4/c1-27(2,3)21-25(22-28(4,5)6)18(19,17-14-13-15-20-16-17)26(23-29(7,8)9)24-30(10,11)12/h13-16H,19H2,1-12H3. The number of hydrogen-bond donors (Lipinski definition) is 1. The molecule has 0 bridgehead atoms. The van der Waals surface area contributed by atoms with Crippen LogP contribution in [-0.4, -0.2) is 38.3 Å². The van der Waals surface area contributed by atoms with E-state index in [1.165, 1.54) is 0 Å². The Balaban J connectivity index is 3.72. The summed E-state index contributed by atoms with van der Waals surface area (Å²) in [6.07, 6.45) is 3.57. The van der Waals surface area contributed by atoms with Gasteiger partial charge in [0.2, 0.25) is 0 Å². The molecule has 0 saturated carbocycles. The molecule has 0 radical (unpaired) electrons. The summed E-state index contributed by atoms with van der Waals surface area (Å²) in [5, 5.41) is -1.03. The van der Waals surface area contributed by atoms with Gasteiger partial charge in [-0.1, -0.05) is 6.07 Å². The first kappa shape index (κ1) is 28.7. The molecule has 0 aliphatic rings. The number of hydrogen-bond acceptors (Lipinski definition) is 6. The molecule has 1 aromatic heterocycles. The molecule has 1 aromatic rings. The Labute approximate surface area is 191 Å². The predicted octanol–water partition coefficient (Wildman–Crippen LogP) is 7.18. The van der Waals surface area contributed by atoms with E-state index in [0.717, 1.165) is 5.56 Å². The normalized spacial score (nSPS) is 14.6. The first-order chi connectivity index (χ1) is 13.2. The van der Waals surface area contributed by atoms with Gasteiger partial charge in [-0.2, -0.15) is 0 Å². The zero-order valence-electron chi connectivity index (χ0n) is 20.9. The number of pyridine rings is 1. The second-order valence-corrected chi connectivity index (χ2v) is 33.9. The number of aromatic nitrogens is 1. The van der Waals surface area contributed by atoms with E-state index in [-0.39, 0.29) is 0 Å². The van der Waals surface area contributed by atoms with Crippen LogP contribution in [0.25, 0.3) is 0 Å². The lowest BCUT2D eigenvalue weighted by Gasteiger charge is -2.47. The van der Waals surface area contributed by atoms with Crippen molar-refractivity contribution in [1.82, 2.24) is 4.98 Å². The minimum absolute atomic E-state index is 0.857. The van der Waals surface area contributed by atoms with Crippen LogP contribution in [0.5, 0.6) is 0 Å². The third kappa shape index (κ3) is 10.1. The topological polar surface area (TPSA) is 75.8 Å². The summed E-state index contributed by atoms with van der Waals surface area (Å²) in [7, 11) is -11.0. The summed E-state index contributed by atoms with van der Waals surface area (Å²) >= 11 is 0. The average molecular weight is 525 g/mol. The molecule has 0 aliphatic carbocycles. The van der Waals surface area contributed by atoms with E-state index in [1.807, 2.05) is 18.3 Å². The maximum absolute atomic E-state index is 7.34. The monoisotopic (exact) mass is 524 g/mol. The lowest BCUT2D eigenvalue weighted by atomic mass is 10.3. The van der Waals surface area contributed by atoms with Crippen LogP contribution in [0.4, 0.5) is 0 Å². The zero-order chi connectivity index (χ0) is 23.6. The van der Waals surface area contributed by atoms with E-state index in [0.29, 0.717) is 0 Å². The quantitative estimate of drug-likeness (QED) is 0.244. The van der Waals surface area contributed by atoms with Gasteiger partial charge in [-0.25, -0.2) is 0 Å². The minimum Gasteiger partial charge on any atom is -0.374 e. The fourth-order valence-corrected chi connectivity index (χ4v) is 16.0. The van der Waals surface area contributed by atoms with Crippen LogP contribution >= 0.6 is 16.8 Å². The Bertz CT molecular complexity index is 606. The van der Waals surface area contributed by atoms with Crippen molar-refractivity contribution in [2.45, 2.75) is 83.6 Å². The van der Waals surface area contributed by atoms with Crippen molar-refractivity contribution in [3.8, 4) is 0 Å². The molecule has 2 N–H and O–H groups in total. The van der Waals surface area contributed by atoms with Gasteiger partial charge in [0.15, 0.2) is 55.0 Å². The molecule has 0 aromatic carbocycles. The maximum Gasteiger partial charge on any atom is 0.191 e. The molecule has 0 atom stereocenters. The van der Waals surface area contributed by atoms with Crippen LogP contribution < -0.4 is 5.73 Å². The zero-order valence-corrected chi connectivity index (χ0v) is 26.7. The lowest BCUT2D eigenvalue weighted by Crippen LogP contribution is -2.44. The first-order valence-corrected chi connectivity index (χ1v) is 26.3. The minimum atomic E-state index is -1.98. The van der Waals surface area contributed by atoms with E-state index in [2.05, 4.69) is 83.5 Å². The summed E-state index contributed by atoms with van der Waals surface area (Å²) in [6, 6.07) is 3.91. The highest BCUT2D eigenvalue weighted by Crippen LogP contribution is 2.73. The summed E-state index contributed by atoms with van der Waals surface area (Å²) < 4.78 is 26.8. The molecule has 12 heteroatoms. The second-order valence-electron chi connectivity index (χ2n) is 11.3. The predicted molar refractivity (Wildman–Crippen MR) is 142 cm³/mol. The third-order valence-electron chi connectivity index (χ3n) is 3.07. The average Bonchev–Trinajstić information content (AvgIpc) is 2.48. The smallest absolute Gasteiger partial charge is 0.191 e. The van der Waals surface area contributed by atoms with E-state index >= 15 is 0 Å². The fourth-order valence-electron chi connectivity index (χ4n) is 2.17. The Morgan fingerprint density at radius 1 is 0.700 bits per heavy atom. The van der Waals surface area contributed by atoms with Crippen LogP contribution in [0.3, 0.4) is 0 Å². The Kier molecular flexibility index (Phi) is 9.86. The van der Waals surface area contributed by atoms with Crippen LogP contribution in [0.2, 0.25) is 78.6 Å². The van der Waals surface area contributed by atoms with Gasteiger partial charge in [-0.3, -0.25) is 4.98 Å². The summed E-state index contributed by atoms with van der Waals surface area (Å²) in [5.74, 6) is 0. The van der Waals surface area contributed by atoms with Crippen molar-refractivity contribution < 1.29 is 16.9 Å². The van der Waals surface area contributed by atoms with Gasteiger partial charge in [-0.15, -0.1) is 0 Å². The van der Waals surface area contributed by atoms with Crippen molar-refractivity contribution in [2.75, 3.05) is 0 Å². The van der Waals surface area contributed by atoms with E-state index in [1.54, 1.807) is 6.20 Å². The molecule has 1 heterocycles. The van der Waals surface area contributed by atoms with Crippen LogP contribution in [-0.2, 0) is 21.9 Å². The highest BCUT2D eigenvalue weighted by atomic mass is 31.2. The van der Waals surface area contributed by atoms with Gasteiger partial charge in [0.05, 0.1) is 0 Å². The molecule has 0 saturated heterocycles. The largest absolute Gasteiger partial charge is 0.374 e. The molecule has 0 amide bonds. The molecular weight excluding hydrogens is 483 g/mol. The van der Waals surface area contributed by atoms with Crippen molar-refractivity contribution in [1.29, 1.82) is 0 Å². The maximum atomic E-state index is 7.34. The van der Waals surface area contributed by atoms with Crippen molar-refractivity contribution in [2.24, 2.45) is 5.73 Å². The second kappa shape index (κ2) is 10.3. The van der Waals surface area contributed by atoms with Gasteiger partial charge >= 0.3 is 0 Å². The Morgan fingerprint density at radius 3 is 1.27 bits per heavy atom.